The Labute approximate surface area is 84.0 Å². The number of nitrogens with one attached hydrogen (secondary N) is 1. The highest BCUT2D eigenvalue weighted by molar-refractivity contribution is 7.91. The maximum Gasteiger partial charge on any atom is 0.224 e. The average Bonchev–Trinajstić information content (AvgIpc) is 2.46. The third-order valence-corrected chi connectivity index (χ3v) is 4.05. The predicted octanol–water partition coefficient (Wildman–Crippen LogP) is -1.11. The van der Waals surface area contributed by atoms with Crippen LogP contribution in [0, 0.1) is 5.92 Å². The van der Waals surface area contributed by atoms with Crippen molar-refractivity contribution in [2.75, 3.05) is 24.6 Å². The Morgan fingerprint density at radius 2 is 2.21 bits per heavy atom. The summed E-state index contributed by atoms with van der Waals surface area (Å²) in [5.41, 5.74) is 5.26. The first-order valence-electron chi connectivity index (χ1n) is 4.73. The molecule has 1 fully saturated rings. The van der Waals surface area contributed by atoms with Crippen LogP contribution in [0.15, 0.2) is 0 Å². The molecule has 3 N–H and O–H groups in total. The number of carbonyl (C=O) groups is 1. The first-order chi connectivity index (χ1) is 6.55. The maximum atomic E-state index is 11.4. The fourth-order valence-corrected chi connectivity index (χ4v) is 3.20. The summed E-state index contributed by atoms with van der Waals surface area (Å²) < 4.78 is 22.2. The van der Waals surface area contributed by atoms with Crippen molar-refractivity contribution in [3.8, 4) is 0 Å². The number of hydrogen-bond donors (Lipinski definition) is 2. The standard InChI is InChI=1S/C8H16N2O3S/c9-3-1-4-10-8(11)7-2-5-14(12,13)6-7/h7H,1-6,9H2,(H,10,11). The van der Waals surface area contributed by atoms with Crippen LogP contribution in [0.3, 0.4) is 0 Å². The van der Waals surface area contributed by atoms with Crippen LogP contribution in [0.5, 0.6) is 0 Å². The van der Waals surface area contributed by atoms with Crippen molar-refractivity contribution in [2.24, 2.45) is 11.7 Å². The van der Waals surface area contributed by atoms with E-state index in [4.69, 9.17) is 5.73 Å². The van der Waals surface area contributed by atoms with Crippen LogP contribution >= 0.6 is 0 Å². The fourth-order valence-electron chi connectivity index (χ4n) is 1.46. The van der Waals surface area contributed by atoms with Gasteiger partial charge >= 0.3 is 0 Å². The first kappa shape index (κ1) is 11.5. The van der Waals surface area contributed by atoms with Crippen molar-refractivity contribution in [3.05, 3.63) is 0 Å². The van der Waals surface area contributed by atoms with E-state index in [0.717, 1.165) is 6.42 Å². The highest BCUT2D eigenvalue weighted by atomic mass is 32.2. The van der Waals surface area contributed by atoms with Crippen molar-refractivity contribution >= 4 is 15.7 Å². The second kappa shape index (κ2) is 4.75. The molecule has 82 valence electrons. The molecule has 1 amide bonds. The van der Waals surface area contributed by atoms with Gasteiger partial charge in [-0.25, -0.2) is 8.42 Å². The van der Waals surface area contributed by atoms with Crippen LogP contribution in [0.4, 0.5) is 0 Å². The van der Waals surface area contributed by atoms with Gasteiger partial charge in [-0.1, -0.05) is 0 Å². The molecule has 0 spiro atoms. The van der Waals surface area contributed by atoms with Crippen LogP contribution in [-0.2, 0) is 14.6 Å². The van der Waals surface area contributed by atoms with Gasteiger partial charge in [-0.3, -0.25) is 4.79 Å². The molecule has 0 aromatic rings. The zero-order valence-electron chi connectivity index (χ0n) is 8.03. The van der Waals surface area contributed by atoms with Gasteiger partial charge in [-0.15, -0.1) is 0 Å². The Hall–Kier alpha value is -0.620. The van der Waals surface area contributed by atoms with Gasteiger partial charge in [0.25, 0.3) is 0 Å². The van der Waals surface area contributed by atoms with Crippen molar-refractivity contribution in [1.29, 1.82) is 0 Å². The average molecular weight is 220 g/mol. The summed E-state index contributed by atoms with van der Waals surface area (Å²) in [4.78, 5) is 11.4. The lowest BCUT2D eigenvalue weighted by Gasteiger charge is -2.08. The molecule has 0 radical (unpaired) electrons. The monoisotopic (exact) mass is 220 g/mol. The van der Waals surface area contributed by atoms with Gasteiger partial charge in [0.2, 0.25) is 5.91 Å². The summed E-state index contributed by atoms with van der Waals surface area (Å²) in [5, 5.41) is 2.68. The van der Waals surface area contributed by atoms with Crippen LogP contribution in [0.25, 0.3) is 0 Å². The molecule has 1 unspecified atom stereocenters. The summed E-state index contributed by atoms with van der Waals surface area (Å²) in [6.45, 7) is 1.06. The third-order valence-electron chi connectivity index (χ3n) is 2.28. The second-order valence-corrected chi connectivity index (χ2v) is 5.76. The Kier molecular flexibility index (Phi) is 3.88. The Bertz CT molecular complexity index is 300. The minimum Gasteiger partial charge on any atom is -0.356 e. The normalized spacial score (nSPS) is 24.8. The molecule has 1 atom stereocenters. The van der Waals surface area contributed by atoms with E-state index in [9.17, 15) is 13.2 Å². The van der Waals surface area contributed by atoms with E-state index in [1.54, 1.807) is 0 Å². The van der Waals surface area contributed by atoms with Gasteiger partial charge in [0.05, 0.1) is 17.4 Å². The topological polar surface area (TPSA) is 89.3 Å². The van der Waals surface area contributed by atoms with Gasteiger partial charge in [-0.2, -0.15) is 0 Å². The lowest BCUT2D eigenvalue weighted by atomic mass is 10.1. The molecule has 6 heteroatoms. The van der Waals surface area contributed by atoms with Crippen LogP contribution in [-0.4, -0.2) is 38.9 Å². The number of sulfone groups is 1. The predicted molar refractivity (Wildman–Crippen MR) is 53.4 cm³/mol. The molecule has 1 aliphatic rings. The molecule has 5 nitrogen and oxygen atoms in total. The Balaban J connectivity index is 2.33. The minimum atomic E-state index is -2.96. The number of nitrogens with two attached hydrogens (primary N) is 1. The van der Waals surface area contributed by atoms with E-state index in [-0.39, 0.29) is 23.3 Å². The lowest BCUT2D eigenvalue weighted by molar-refractivity contribution is -0.124. The van der Waals surface area contributed by atoms with Gasteiger partial charge < -0.3 is 11.1 Å². The first-order valence-corrected chi connectivity index (χ1v) is 6.55. The largest absolute Gasteiger partial charge is 0.356 e. The van der Waals surface area contributed by atoms with E-state index in [1.165, 1.54) is 0 Å². The second-order valence-electron chi connectivity index (χ2n) is 3.53. The molecular formula is C8H16N2O3S. The molecule has 0 aliphatic carbocycles. The smallest absolute Gasteiger partial charge is 0.224 e. The van der Waals surface area contributed by atoms with Crippen molar-refractivity contribution in [3.63, 3.8) is 0 Å². The minimum absolute atomic E-state index is 0.00145. The highest BCUT2D eigenvalue weighted by Gasteiger charge is 2.32. The van der Waals surface area contributed by atoms with E-state index < -0.39 is 9.84 Å². The van der Waals surface area contributed by atoms with E-state index in [0.29, 0.717) is 19.5 Å². The van der Waals surface area contributed by atoms with Gasteiger partial charge in [0.15, 0.2) is 9.84 Å². The molecule has 14 heavy (non-hydrogen) atoms. The van der Waals surface area contributed by atoms with Gasteiger partial charge in [-0.05, 0) is 19.4 Å². The Morgan fingerprint density at radius 3 is 2.71 bits per heavy atom. The summed E-state index contributed by atoms with van der Waals surface area (Å²) in [6.07, 6.45) is 1.18. The van der Waals surface area contributed by atoms with Crippen molar-refractivity contribution in [1.82, 2.24) is 5.32 Å². The quantitative estimate of drug-likeness (QED) is 0.588. The van der Waals surface area contributed by atoms with Gasteiger partial charge in [0.1, 0.15) is 0 Å². The molecule has 1 heterocycles. The van der Waals surface area contributed by atoms with Crippen molar-refractivity contribution in [2.45, 2.75) is 12.8 Å². The van der Waals surface area contributed by atoms with E-state index >= 15 is 0 Å². The van der Waals surface area contributed by atoms with E-state index in [1.807, 2.05) is 0 Å². The number of rotatable bonds is 4. The lowest BCUT2D eigenvalue weighted by Crippen LogP contribution is -2.32. The molecule has 1 rings (SSSR count). The maximum absolute atomic E-state index is 11.4. The molecular weight excluding hydrogens is 204 g/mol. The number of carbonyl (C=O) groups excluding carboxylic acids is 1. The zero-order valence-corrected chi connectivity index (χ0v) is 8.85. The van der Waals surface area contributed by atoms with E-state index in [2.05, 4.69) is 5.32 Å². The van der Waals surface area contributed by atoms with Crippen LogP contribution in [0.2, 0.25) is 0 Å². The fraction of sp³-hybridized carbons (Fsp3) is 0.875. The number of hydrogen-bond acceptors (Lipinski definition) is 4. The molecule has 0 saturated carbocycles. The third kappa shape index (κ3) is 3.26. The van der Waals surface area contributed by atoms with Crippen LogP contribution in [0.1, 0.15) is 12.8 Å². The molecule has 0 bridgehead atoms. The summed E-state index contributed by atoms with van der Waals surface area (Å²) in [7, 11) is -2.96. The Morgan fingerprint density at radius 1 is 1.50 bits per heavy atom. The summed E-state index contributed by atoms with van der Waals surface area (Å²) >= 11 is 0. The zero-order chi connectivity index (χ0) is 10.6. The molecule has 0 aromatic carbocycles. The highest BCUT2D eigenvalue weighted by Crippen LogP contribution is 2.18. The van der Waals surface area contributed by atoms with Crippen LogP contribution < -0.4 is 11.1 Å². The summed E-state index contributed by atoms with van der Waals surface area (Å²) in [5.74, 6) is -0.360. The number of amides is 1. The SMILES string of the molecule is NCCCNC(=O)C1CCS(=O)(=O)C1. The summed E-state index contributed by atoms with van der Waals surface area (Å²) in [6, 6.07) is 0. The van der Waals surface area contributed by atoms with Crippen molar-refractivity contribution < 1.29 is 13.2 Å². The molecule has 0 aromatic heterocycles. The molecule has 1 aliphatic heterocycles. The van der Waals surface area contributed by atoms with Gasteiger partial charge in [0, 0.05) is 6.54 Å². The molecule has 1 saturated heterocycles.